The molecule has 2 aromatic rings. The summed E-state index contributed by atoms with van der Waals surface area (Å²) in [5.41, 5.74) is 6.18. The molecule has 2 aromatic carbocycles. The first-order chi connectivity index (χ1) is 10.6. The normalized spacial score (nSPS) is 13.3. The molecule has 0 N–H and O–H groups in total. The molecule has 0 saturated carbocycles. The lowest BCUT2D eigenvalue weighted by Gasteiger charge is -2.25. The van der Waals surface area contributed by atoms with E-state index in [4.69, 9.17) is 4.99 Å². The average molecular weight is 307 g/mol. The van der Waals surface area contributed by atoms with Crippen molar-refractivity contribution in [2.75, 3.05) is 0 Å². The average Bonchev–Trinajstić information content (AvgIpc) is 2.46. The molecule has 0 aromatic heterocycles. The molecule has 0 saturated heterocycles. The molecule has 0 aliphatic heterocycles. The van der Waals surface area contributed by atoms with Gasteiger partial charge in [0.15, 0.2) is 0 Å². The zero-order chi connectivity index (χ0) is 17.3. The van der Waals surface area contributed by atoms with Crippen LogP contribution in [-0.2, 0) is 10.8 Å². The van der Waals surface area contributed by atoms with Crippen molar-refractivity contribution in [2.45, 2.75) is 59.3 Å². The Bertz CT molecular complexity index is 663. The zero-order valence-corrected chi connectivity index (χ0v) is 15.6. The lowest BCUT2D eigenvalue weighted by Crippen LogP contribution is -2.16. The van der Waals surface area contributed by atoms with Crippen molar-refractivity contribution in [3.63, 3.8) is 0 Å². The molecule has 0 amide bonds. The Kier molecular flexibility index (Phi) is 4.79. The molecule has 0 radical (unpaired) electrons. The Labute approximate surface area is 141 Å². The van der Waals surface area contributed by atoms with Gasteiger partial charge in [-0.05, 0) is 46.6 Å². The lowest BCUT2D eigenvalue weighted by molar-refractivity contribution is 0.569. The predicted molar refractivity (Wildman–Crippen MR) is 102 cm³/mol. The molecule has 0 bridgehead atoms. The van der Waals surface area contributed by atoms with Crippen molar-refractivity contribution >= 4 is 11.4 Å². The summed E-state index contributed by atoms with van der Waals surface area (Å²) in [6.07, 6.45) is 0. The zero-order valence-electron chi connectivity index (χ0n) is 15.6. The van der Waals surface area contributed by atoms with Gasteiger partial charge < -0.3 is 0 Å². The number of benzene rings is 2. The van der Waals surface area contributed by atoms with Gasteiger partial charge in [0.25, 0.3) is 0 Å². The molecule has 1 nitrogen and oxygen atoms in total. The molecule has 1 heteroatoms. The third-order valence-corrected chi connectivity index (χ3v) is 4.14. The van der Waals surface area contributed by atoms with E-state index in [9.17, 15) is 0 Å². The molecule has 0 unspecified atom stereocenters. The Balaban J connectivity index is 2.54. The first kappa shape index (κ1) is 17.5. The lowest BCUT2D eigenvalue weighted by atomic mass is 9.80. The van der Waals surface area contributed by atoms with E-state index in [1.165, 1.54) is 16.7 Å². The van der Waals surface area contributed by atoms with Gasteiger partial charge in [0.05, 0.1) is 5.69 Å². The van der Waals surface area contributed by atoms with Crippen LogP contribution < -0.4 is 0 Å². The van der Waals surface area contributed by atoms with Crippen molar-refractivity contribution in [2.24, 2.45) is 4.99 Å². The Morgan fingerprint density at radius 3 is 1.65 bits per heavy atom. The number of hydrogen-bond donors (Lipinski definition) is 0. The molecule has 0 aliphatic carbocycles. The maximum Gasteiger partial charge on any atom is 0.0638 e. The molecule has 0 aliphatic rings. The molecular formula is C22H29N. The van der Waals surface area contributed by atoms with Crippen LogP contribution in [0.1, 0.15) is 65.2 Å². The van der Waals surface area contributed by atoms with Crippen LogP contribution in [0.15, 0.2) is 53.5 Å². The summed E-state index contributed by atoms with van der Waals surface area (Å²) in [5, 5.41) is 0. The molecule has 23 heavy (non-hydrogen) atoms. The van der Waals surface area contributed by atoms with E-state index in [2.05, 4.69) is 90.9 Å². The van der Waals surface area contributed by atoms with Crippen molar-refractivity contribution in [3.05, 3.63) is 65.2 Å². The fourth-order valence-electron chi connectivity index (χ4n) is 2.48. The van der Waals surface area contributed by atoms with E-state index in [1.54, 1.807) is 0 Å². The van der Waals surface area contributed by atoms with Crippen molar-refractivity contribution in [1.29, 1.82) is 0 Å². The van der Waals surface area contributed by atoms with Crippen LogP contribution in [0.3, 0.4) is 0 Å². The van der Waals surface area contributed by atoms with E-state index in [0.29, 0.717) is 0 Å². The van der Waals surface area contributed by atoms with E-state index < -0.39 is 0 Å². The van der Waals surface area contributed by atoms with Crippen LogP contribution in [0.25, 0.3) is 0 Å². The van der Waals surface area contributed by atoms with Crippen LogP contribution >= 0.6 is 0 Å². The highest BCUT2D eigenvalue weighted by Gasteiger charge is 2.20. The molecule has 0 atom stereocenters. The topological polar surface area (TPSA) is 12.4 Å². The highest BCUT2D eigenvalue weighted by molar-refractivity contribution is 6.00. The Morgan fingerprint density at radius 1 is 0.739 bits per heavy atom. The minimum atomic E-state index is 0.117. The molecule has 122 valence electrons. The summed E-state index contributed by atoms with van der Waals surface area (Å²) in [5.74, 6) is 0. The SMILES string of the molecule is CC(=Nc1cc(C(C)(C)C)cc(C(C)(C)C)c1)c1ccccc1. The third kappa shape index (κ3) is 4.54. The second-order valence-electron chi connectivity index (χ2n) is 8.33. The third-order valence-electron chi connectivity index (χ3n) is 4.14. The summed E-state index contributed by atoms with van der Waals surface area (Å²) in [6.45, 7) is 15.6. The standard InChI is InChI=1S/C22H29N/c1-16(17-11-9-8-10-12-17)23-20-14-18(21(2,3)4)13-19(15-20)22(5,6)7/h8-15H,1-7H3. The first-order valence-corrected chi connectivity index (χ1v) is 8.34. The highest BCUT2D eigenvalue weighted by atomic mass is 14.7. The van der Waals surface area contributed by atoms with E-state index in [-0.39, 0.29) is 10.8 Å². The van der Waals surface area contributed by atoms with E-state index in [0.717, 1.165) is 11.4 Å². The smallest absolute Gasteiger partial charge is 0.0638 e. The summed E-state index contributed by atoms with van der Waals surface area (Å²) in [6, 6.07) is 17.1. The van der Waals surface area contributed by atoms with Crippen LogP contribution in [0.5, 0.6) is 0 Å². The molecule has 0 fully saturated rings. The second kappa shape index (κ2) is 6.31. The summed E-state index contributed by atoms with van der Waals surface area (Å²) in [7, 11) is 0. The minimum Gasteiger partial charge on any atom is -0.253 e. The van der Waals surface area contributed by atoms with Crippen molar-refractivity contribution < 1.29 is 0 Å². The largest absolute Gasteiger partial charge is 0.253 e. The number of hydrogen-bond acceptors (Lipinski definition) is 1. The predicted octanol–water partition coefficient (Wildman–Crippen LogP) is 6.42. The maximum absolute atomic E-state index is 4.89. The van der Waals surface area contributed by atoms with E-state index >= 15 is 0 Å². The summed E-state index contributed by atoms with van der Waals surface area (Å²) >= 11 is 0. The van der Waals surface area contributed by atoms with E-state index in [1.807, 2.05) is 6.07 Å². The monoisotopic (exact) mass is 307 g/mol. The Morgan fingerprint density at radius 2 is 1.22 bits per heavy atom. The number of nitrogens with zero attached hydrogens (tertiary/aromatic N) is 1. The minimum absolute atomic E-state index is 0.117. The van der Waals surface area contributed by atoms with Gasteiger partial charge in [-0.1, -0.05) is 77.9 Å². The maximum atomic E-state index is 4.89. The van der Waals surface area contributed by atoms with Gasteiger partial charge in [0.2, 0.25) is 0 Å². The van der Waals surface area contributed by atoms with Crippen molar-refractivity contribution in [1.82, 2.24) is 0 Å². The van der Waals surface area contributed by atoms with Gasteiger partial charge in [-0.3, -0.25) is 4.99 Å². The molecule has 0 spiro atoms. The van der Waals surface area contributed by atoms with Gasteiger partial charge in [0, 0.05) is 5.71 Å². The van der Waals surface area contributed by atoms with Crippen LogP contribution in [-0.4, -0.2) is 5.71 Å². The van der Waals surface area contributed by atoms with Gasteiger partial charge in [-0.25, -0.2) is 0 Å². The molecular weight excluding hydrogens is 278 g/mol. The van der Waals surface area contributed by atoms with Gasteiger partial charge in [-0.15, -0.1) is 0 Å². The molecule has 2 rings (SSSR count). The van der Waals surface area contributed by atoms with Crippen LogP contribution in [0.4, 0.5) is 5.69 Å². The quantitative estimate of drug-likeness (QED) is 0.567. The fraction of sp³-hybridized carbons (Fsp3) is 0.409. The number of aliphatic imine (C=N–C) groups is 1. The van der Waals surface area contributed by atoms with Crippen molar-refractivity contribution in [3.8, 4) is 0 Å². The van der Waals surface area contributed by atoms with Gasteiger partial charge >= 0.3 is 0 Å². The first-order valence-electron chi connectivity index (χ1n) is 8.34. The summed E-state index contributed by atoms with van der Waals surface area (Å²) in [4.78, 5) is 4.89. The van der Waals surface area contributed by atoms with Gasteiger partial charge in [0.1, 0.15) is 0 Å². The van der Waals surface area contributed by atoms with Crippen LogP contribution in [0.2, 0.25) is 0 Å². The number of rotatable bonds is 2. The highest BCUT2D eigenvalue weighted by Crippen LogP contribution is 2.33. The second-order valence-corrected chi connectivity index (χ2v) is 8.33. The molecule has 0 heterocycles. The summed E-state index contributed by atoms with van der Waals surface area (Å²) < 4.78 is 0. The van der Waals surface area contributed by atoms with Gasteiger partial charge in [-0.2, -0.15) is 0 Å². The van der Waals surface area contributed by atoms with Crippen LogP contribution in [0, 0.1) is 0 Å². The Hall–Kier alpha value is -1.89. The fourth-order valence-corrected chi connectivity index (χ4v) is 2.48.